The van der Waals surface area contributed by atoms with E-state index in [2.05, 4.69) is 4.74 Å². The Balaban J connectivity index is 0.000000921. The highest BCUT2D eigenvalue weighted by molar-refractivity contribution is 6.40. The van der Waals surface area contributed by atoms with Gasteiger partial charge in [0.25, 0.3) is 5.78 Å². The Kier molecular flexibility index (Phi) is 6.38. The summed E-state index contributed by atoms with van der Waals surface area (Å²) >= 11 is 5.60. The average molecular weight is 229 g/mol. The third kappa shape index (κ3) is 4.13. The molecule has 0 heterocycles. The van der Waals surface area contributed by atoms with Crippen LogP contribution in [0.1, 0.15) is 24.2 Å². The van der Waals surface area contributed by atoms with Crippen molar-refractivity contribution in [3.63, 3.8) is 0 Å². The fourth-order valence-electron chi connectivity index (χ4n) is 0.812. The monoisotopic (exact) mass is 228 g/mol. The molecule has 0 radical (unpaired) electrons. The van der Waals surface area contributed by atoms with Crippen molar-refractivity contribution in [3.05, 3.63) is 34.9 Å². The summed E-state index contributed by atoms with van der Waals surface area (Å²) < 4.78 is 4.28. The van der Waals surface area contributed by atoms with Gasteiger partial charge < -0.3 is 4.74 Å². The van der Waals surface area contributed by atoms with Gasteiger partial charge in [0.15, 0.2) is 0 Å². The van der Waals surface area contributed by atoms with E-state index in [0.29, 0.717) is 5.02 Å². The number of carbonyl (C=O) groups is 2. The van der Waals surface area contributed by atoms with Gasteiger partial charge in [0.2, 0.25) is 0 Å². The van der Waals surface area contributed by atoms with Crippen molar-refractivity contribution in [3.8, 4) is 0 Å². The molecule has 0 atom stereocenters. The molecule has 0 aliphatic heterocycles. The normalized spacial score (nSPS) is 8.53. The summed E-state index contributed by atoms with van der Waals surface area (Å²) in [6.45, 7) is 4.00. The number of halogens is 1. The minimum atomic E-state index is -0.873. The molecule has 0 saturated heterocycles. The SMILES string of the molecule is CC.COC(=O)C(=O)c1ccc(Cl)cc1. The van der Waals surface area contributed by atoms with Crippen molar-refractivity contribution in [1.82, 2.24) is 0 Å². The van der Waals surface area contributed by atoms with E-state index in [0.717, 1.165) is 7.11 Å². The lowest BCUT2D eigenvalue weighted by Crippen LogP contribution is -2.15. The zero-order valence-corrected chi connectivity index (χ0v) is 9.67. The zero-order chi connectivity index (χ0) is 11.8. The summed E-state index contributed by atoms with van der Waals surface area (Å²) in [5.41, 5.74) is 0.274. The highest BCUT2D eigenvalue weighted by atomic mass is 35.5. The molecule has 15 heavy (non-hydrogen) atoms. The first-order valence-electron chi connectivity index (χ1n) is 4.53. The lowest BCUT2D eigenvalue weighted by atomic mass is 10.1. The van der Waals surface area contributed by atoms with Crippen LogP contribution in [0, 0.1) is 0 Å². The predicted octanol–water partition coefficient (Wildman–Crippen LogP) is 2.72. The lowest BCUT2D eigenvalue weighted by molar-refractivity contribution is -0.135. The lowest BCUT2D eigenvalue weighted by Gasteiger charge is -1.97. The minimum absolute atomic E-state index is 0.274. The Morgan fingerprint density at radius 2 is 1.60 bits per heavy atom. The maximum atomic E-state index is 11.2. The molecule has 4 heteroatoms. The maximum Gasteiger partial charge on any atom is 0.379 e. The van der Waals surface area contributed by atoms with E-state index < -0.39 is 11.8 Å². The molecule has 0 aliphatic rings. The fourth-order valence-corrected chi connectivity index (χ4v) is 0.938. The second-order valence-electron chi connectivity index (χ2n) is 2.33. The molecule has 0 bridgehead atoms. The van der Waals surface area contributed by atoms with Crippen LogP contribution in [-0.2, 0) is 9.53 Å². The van der Waals surface area contributed by atoms with Crippen LogP contribution in [0.3, 0.4) is 0 Å². The summed E-state index contributed by atoms with van der Waals surface area (Å²) in [5, 5.41) is 0.515. The first-order chi connectivity index (χ1) is 7.15. The van der Waals surface area contributed by atoms with E-state index in [1.165, 1.54) is 24.3 Å². The van der Waals surface area contributed by atoms with Crippen molar-refractivity contribution in [2.24, 2.45) is 0 Å². The molecule has 1 aromatic carbocycles. The Hall–Kier alpha value is -1.35. The molecule has 0 unspecified atom stereocenters. The van der Waals surface area contributed by atoms with E-state index >= 15 is 0 Å². The van der Waals surface area contributed by atoms with Gasteiger partial charge >= 0.3 is 5.97 Å². The van der Waals surface area contributed by atoms with E-state index in [9.17, 15) is 9.59 Å². The van der Waals surface area contributed by atoms with E-state index in [1.54, 1.807) is 0 Å². The highest BCUT2D eigenvalue weighted by Gasteiger charge is 2.15. The van der Waals surface area contributed by atoms with Gasteiger partial charge in [0.05, 0.1) is 7.11 Å². The number of Topliss-reactive ketones (excluding diaryl/α,β-unsaturated/α-hetero) is 1. The van der Waals surface area contributed by atoms with Crippen molar-refractivity contribution in [1.29, 1.82) is 0 Å². The first kappa shape index (κ1) is 13.7. The number of ketones is 1. The van der Waals surface area contributed by atoms with Crippen LogP contribution in [0.4, 0.5) is 0 Å². The maximum absolute atomic E-state index is 11.2. The molecule has 0 aromatic heterocycles. The molecule has 0 spiro atoms. The van der Waals surface area contributed by atoms with Crippen LogP contribution in [0.25, 0.3) is 0 Å². The van der Waals surface area contributed by atoms with Crippen LogP contribution in [0.5, 0.6) is 0 Å². The first-order valence-corrected chi connectivity index (χ1v) is 4.91. The number of esters is 1. The number of hydrogen-bond acceptors (Lipinski definition) is 3. The van der Waals surface area contributed by atoms with Crippen molar-refractivity contribution >= 4 is 23.4 Å². The highest BCUT2D eigenvalue weighted by Crippen LogP contribution is 2.10. The number of carbonyl (C=O) groups excluding carboxylic acids is 2. The number of hydrogen-bond donors (Lipinski definition) is 0. The van der Waals surface area contributed by atoms with Crippen LogP contribution in [0.2, 0.25) is 5.02 Å². The molecular formula is C11H13ClO3. The zero-order valence-electron chi connectivity index (χ0n) is 8.91. The third-order valence-corrected chi connectivity index (χ3v) is 1.73. The molecule has 1 aromatic rings. The molecule has 82 valence electrons. The average Bonchev–Trinajstić information content (AvgIpc) is 2.31. The van der Waals surface area contributed by atoms with Crippen molar-refractivity contribution in [2.45, 2.75) is 13.8 Å². The second kappa shape index (κ2) is 7.01. The van der Waals surface area contributed by atoms with Gasteiger partial charge in [-0.05, 0) is 24.3 Å². The summed E-state index contributed by atoms with van der Waals surface area (Å²) in [7, 11) is 1.16. The van der Waals surface area contributed by atoms with Crippen molar-refractivity contribution in [2.75, 3.05) is 7.11 Å². The van der Waals surface area contributed by atoms with Crippen molar-refractivity contribution < 1.29 is 14.3 Å². The minimum Gasteiger partial charge on any atom is -0.463 e. The summed E-state index contributed by atoms with van der Waals surface area (Å²) in [6.07, 6.45) is 0. The van der Waals surface area contributed by atoms with E-state index in [4.69, 9.17) is 11.6 Å². The molecule has 0 aliphatic carbocycles. The number of ether oxygens (including phenoxy) is 1. The van der Waals surface area contributed by atoms with Gasteiger partial charge in [-0.3, -0.25) is 4.79 Å². The summed E-state index contributed by atoms with van der Waals surface area (Å²) in [4.78, 5) is 22.0. The van der Waals surface area contributed by atoms with Gasteiger partial charge in [-0.2, -0.15) is 0 Å². The largest absolute Gasteiger partial charge is 0.463 e. The smallest absolute Gasteiger partial charge is 0.379 e. The van der Waals surface area contributed by atoms with Gasteiger partial charge in [0, 0.05) is 10.6 Å². The Morgan fingerprint density at radius 3 is 2.00 bits per heavy atom. The second-order valence-corrected chi connectivity index (χ2v) is 2.76. The number of methoxy groups -OCH3 is 1. The quantitative estimate of drug-likeness (QED) is 0.444. The van der Waals surface area contributed by atoms with E-state index in [1.807, 2.05) is 13.8 Å². The molecular weight excluding hydrogens is 216 g/mol. The predicted molar refractivity (Wildman–Crippen MR) is 59.1 cm³/mol. The van der Waals surface area contributed by atoms with Crippen LogP contribution >= 0.6 is 11.6 Å². The molecule has 0 saturated carbocycles. The van der Waals surface area contributed by atoms with Gasteiger partial charge in [-0.25, -0.2) is 4.79 Å². The number of benzene rings is 1. The Morgan fingerprint density at radius 1 is 1.13 bits per heavy atom. The van der Waals surface area contributed by atoms with Crippen LogP contribution < -0.4 is 0 Å². The van der Waals surface area contributed by atoms with Crippen LogP contribution in [0.15, 0.2) is 24.3 Å². The van der Waals surface area contributed by atoms with Gasteiger partial charge in [-0.1, -0.05) is 25.4 Å². The molecule has 1 rings (SSSR count). The summed E-state index contributed by atoms with van der Waals surface area (Å²) in [6, 6.07) is 6.03. The topological polar surface area (TPSA) is 43.4 Å². The fraction of sp³-hybridized carbons (Fsp3) is 0.273. The molecule has 0 amide bonds. The van der Waals surface area contributed by atoms with E-state index in [-0.39, 0.29) is 5.56 Å². The van der Waals surface area contributed by atoms with Crippen LogP contribution in [-0.4, -0.2) is 18.9 Å². The molecule has 0 N–H and O–H groups in total. The third-order valence-electron chi connectivity index (χ3n) is 1.48. The number of rotatable bonds is 2. The Labute approximate surface area is 94.0 Å². The molecule has 3 nitrogen and oxygen atoms in total. The van der Waals surface area contributed by atoms with Gasteiger partial charge in [0.1, 0.15) is 0 Å². The standard InChI is InChI=1S/C9H7ClO3.C2H6/c1-13-9(12)8(11)6-2-4-7(10)5-3-6;1-2/h2-5H,1H3;1-2H3. The van der Waals surface area contributed by atoms with Gasteiger partial charge in [-0.15, -0.1) is 0 Å². The summed E-state index contributed by atoms with van der Waals surface area (Å²) in [5.74, 6) is -1.54. The Bertz CT molecular complexity index is 330. The molecule has 0 fully saturated rings.